The lowest BCUT2D eigenvalue weighted by molar-refractivity contribution is -0.122. The van der Waals surface area contributed by atoms with Crippen LogP contribution in [0.15, 0.2) is 68.9 Å². The van der Waals surface area contributed by atoms with Gasteiger partial charge in [-0.1, -0.05) is 29.3 Å². The Kier molecular flexibility index (Phi) is 6.21. The normalized spacial score (nSPS) is 16.3. The number of halogens is 1. The Morgan fingerprint density at radius 3 is 2.62 bits per heavy atom. The number of carboxylic acids is 1. The van der Waals surface area contributed by atoms with Gasteiger partial charge < -0.3 is 9.52 Å². The lowest BCUT2D eigenvalue weighted by Crippen LogP contribution is -2.28. The van der Waals surface area contributed by atoms with Crippen LogP contribution in [0.5, 0.6) is 0 Å². The van der Waals surface area contributed by atoms with Crippen molar-refractivity contribution in [3.05, 3.63) is 81.4 Å². The highest BCUT2D eigenvalue weighted by Crippen LogP contribution is 2.35. The highest BCUT2D eigenvalue weighted by Gasteiger charge is 2.32. The first-order valence-corrected chi connectivity index (χ1v) is 11.0. The minimum atomic E-state index is -1.11. The fourth-order valence-corrected chi connectivity index (χ4v) is 4.40. The predicted octanol–water partition coefficient (Wildman–Crippen LogP) is 6.23. The first-order valence-electron chi connectivity index (χ1n) is 9.85. The van der Waals surface area contributed by atoms with E-state index in [1.807, 2.05) is 38.1 Å². The molecule has 0 aliphatic carbocycles. The van der Waals surface area contributed by atoms with Gasteiger partial charge in [0, 0.05) is 18.2 Å². The molecule has 1 N–H and O–H groups in total. The van der Waals surface area contributed by atoms with E-state index >= 15 is 0 Å². The maximum atomic E-state index is 12.9. The second kappa shape index (κ2) is 9.06. The van der Waals surface area contributed by atoms with Crippen molar-refractivity contribution in [1.29, 1.82) is 0 Å². The Balaban J connectivity index is 1.61. The number of hydrogen-bond acceptors (Lipinski definition) is 5. The van der Waals surface area contributed by atoms with E-state index in [9.17, 15) is 14.7 Å². The number of hydrogen-bond donors (Lipinski definition) is 1. The fourth-order valence-electron chi connectivity index (χ4n) is 3.16. The van der Waals surface area contributed by atoms with Crippen LogP contribution in [0.1, 0.15) is 28.6 Å². The monoisotopic (exact) mass is 466 g/mol. The summed E-state index contributed by atoms with van der Waals surface area (Å²) in [6.45, 7) is 4.41. The van der Waals surface area contributed by atoms with E-state index in [-0.39, 0.29) is 16.5 Å². The van der Waals surface area contributed by atoms with Gasteiger partial charge in [-0.25, -0.2) is 9.79 Å². The van der Waals surface area contributed by atoms with E-state index in [1.54, 1.807) is 29.2 Å². The molecule has 2 aromatic carbocycles. The number of carboxylic acid groups (broad SMARTS) is 1. The number of carbonyl (C=O) groups is 2. The number of likely N-dealkylation sites (N-methyl/N-ethyl adjacent to an activating group) is 1. The van der Waals surface area contributed by atoms with Gasteiger partial charge in [-0.15, -0.1) is 0 Å². The van der Waals surface area contributed by atoms with Crippen LogP contribution < -0.4 is 0 Å². The van der Waals surface area contributed by atoms with Gasteiger partial charge >= 0.3 is 5.97 Å². The summed E-state index contributed by atoms with van der Waals surface area (Å²) in [5.74, 6) is -0.289. The number of thioether (sulfide) groups is 1. The minimum Gasteiger partial charge on any atom is -0.478 e. The van der Waals surface area contributed by atoms with Crippen molar-refractivity contribution in [2.24, 2.45) is 4.99 Å². The van der Waals surface area contributed by atoms with Crippen molar-refractivity contribution in [2.45, 2.75) is 13.8 Å². The van der Waals surface area contributed by atoms with Crippen LogP contribution in [-0.2, 0) is 4.79 Å². The molecule has 6 nitrogen and oxygen atoms in total. The maximum Gasteiger partial charge on any atom is 0.337 e. The smallest absolute Gasteiger partial charge is 0.337 e. The van der Waals surface area contributed by atoms with Crippen LogP contribution in [0.4, 0.5) is 5.69 Å². The Hall–Kier alpha value is -3.29. The molecule has 0 spiro atoms. The molecule has 0 radical (unpaired) electrons. The first kappa shape index (κ1) is 21.9. The average Bonchev–Trinajstić information content (AvgIpc) is 3.34. The summed E-state index contributed by atoms with van der Waals surface area (Å²) in [4.78, 5) is 30.9. The van der Waals surface area contributed by atoms with Crippen molar-refractivity contribution in [3.63, 3.8) is 0 Å². The van der Waals surface area contributed by atoms with Gasteiger partial charge in [0.05, 0.1) is 21.2 Å². The number of benzene rings is 2. The molecular weight excluding hydrogens is 448 g/mol. The molecule has 1 fully saturated rings. The number of rotatable bonds is 5. The molecule has 1 aliphatic heterocycles. The molecular formula is C24H19ClN2O4S. The summed E-state index contributed by atoms with van der Waals surface area (Å²) >= 11 is 7.23. The van der Waals surface area contributed by atoms with Crippen LogP contribution in [0, 0.1) is 6.92 Å². The van der Waals surface area contributed by atoms with Crippen molar-refractivity contribution in [3.8, 4) is 11.3 Å². The van der Waals surface area contributed by atoms with Gasteiger partial charge in [0.25, 0.3) is 5.91 Å². The van der Waals surface area contributed by atoms with Crippen molar-refractivity contribution >= 4 is 52.2 Å². The Labute approximate surface area is 194 Å². The molecule has 1 saturated heterocycles. The summed E-state index contributed by atoms with van der Waals surface area (Å²) in [5.41, 5.74) is 2.50. The van der Waals surface area contributed by atoms with E-state index < -0.39 is 5.97 Å². The lowest BCUT2D eigenvalue weighted by Gasteiger charge is -2.11. The SMILES string of the molecule is CCN1C(=O)/C(=C\c2ccc(-c3ccc(Cl)c(C(=O)O)c3)o2)SC1=Nc1ccc(C)cc1. The maximum absolute atomic E-state index is 12.9. The summed E-state index contributed by atoms with van der Waals surface area (Å²) in [6.07, 6.45) is 1.67. The van der Waals surface area contributed by atoms with Crippen LogP contribution in [0.3, 0.4) is 0 Å². The molecule has 1 aromatic heterocycles. The zero-order valence-electron chi connectivity index (χ0n) is 17.3. The van der Waals surface area contributed by atoms with E-state index in [0.29, 0.717) is 33.7 Å². The van der Waals surface area contributed by atoms with Gasteiger partial charge in [-0.3, -0.25) is 9.69 Å². The molecule has 0 unspecified atom stereocenters. The Morgan fingerprint density at radius 1 is 1.19 bits per heavy atom. The summed E-state index contributed by atoms with van der Waals surface area (Å²) in [5, 5.41) is 10.0. The highest BCUT2D eigenvalue weighted by atomic mass is 35.5. The van der Waals surface area contributed by atoms with Crippen molar-refractivity contribution in [2.75, 3.05) is 6.54 Å². The average molecular weight is 467 g/mol. The molecule has 1 aliphatic rings. The third-order valence-electron chi connectivity index (χ3n) is 4.84. The van der Waals surface area contributed by atoms with Crippen molar-refractivity contribution in [1.82, 2.24) is 4.90 Å². The van der Waals surface area contributed by atoms with Gasteiger partial charge in [0.2, 0.25) is 0 Å². The quantitative estimate of drug-likeness (QED) is 0.450. The standard InChI is InChI=1S/C24H19ClN2O4S/c1-3-27-22(28)21(32-24(27)26-16-7-4-14(2)5-8-16)13-17-9-11-20(31-17)15-6-10-19(25)18(12-15)23(29)30/h4-13H,3H2,1-2H3,(H,29,30)/b21-13+,26-24?. The summed E-state index contributed by atoms with van der Waals surface area (Å²) in [7, 11) is 0. The predicted molar refractivity (Wildman–Crippen MR) is 127 cm³/mol. The Morgan fingerprint density at radius 2 is 1.94 bits per heavy atom. The van der Waals surface area contributed by atoms with Gasteiger partial charge in [-0.05, 0) is 68.1 Å². The van der Waals surface area contributed by atoms with Gasteiger partial charge in [0.1, 0.15) is 11.5 Å². The van der Waals surface area contributed by atoms with E-state index in [4.69, 9.17) is 16.0 Å². The van der Waals surface area contributed by atoms with E-state index in [0.717, 1.165) is 11.3 Å². The van der Waals surface area contributed by atoms with Crippen LogP contribution in [0.25, 0.3) is 17.4 Å². The third-order valence-corrected chi connectivity index (χ3v) is 6.18. The van der Waals surface area contributed by atoms with Crippen LogP contribution in [-0.4, -0.2) is 33.6 Å². The number of furan rings is 1. The fraction of sp³-hybridized carbons (Fsp3) is 0.125. The van der Waals surface area contributed by atoms with Gasteiger partial charge in [-0.2, -0.15) is 0 Å². The molecule has 0 saturated carbocycles. The van der Waals surface area contributed by atoms with Crippen LogP contribution >= 0.6 is 23.4 Å². The lowest BCUT2D eigenvalue weighted by atomic mass is 10.1. The topological polar surface area (TPSA) is 83.1 Å². The van der Waals surface area contributed by atoms with Crippen molar-refractivity contribution < 1.29 is 19.1 Å². The first-order chi connectivity index (χ1) is 15.4. The number of aromatic carboxylic acids is 1. The summed E-state index contributed by atoms with van der Waals surface area (Å²) in [6, 6.07) is 15.9. The number of amides is 1. The Bertz CT molecular complexity index is 1260. The molecule has 8 heteroatoms. The molecule has 4 rings (SSSR count). The zero-order chi connectivity index (χ0) is 22.8. The van der Waals surface area contributed by atoms with Gasteiger partial charge in [0.15, 0.2) is 5.17 Å². The summed E-state index contributed by atoms with van der Waals surface area (Å²) < 4.78 is 5.85. The molecule has 32 heavy (non-hydrogen) atoms. The largest absolute Gasteiger partial charge is 0.478 e. The molecule has 3 aromatic rings. The number of aryl methyl sites for hydroxylation is 1. The number of aliphatic imine (C=N–C) groups is 1. The van der Waals surface area contributed by atoms with E-state index in [1.165, 1.54) is 23.9 Å². The highest BCUT2D eigenvalue weighted by molar-refractivity contribution is 8.18. The minimum absolute atomic E-state index is 0.00227. The second-order valence-corrected chi connectivity index (χ2v) is 8.51. The molecule has 162 valence electrons. The van der Waals surface area contributed by atoms with E-state index in [2.05, 4.69) is 4.99 Å². The number of carbonyl (C=O) groups excluding carboxylic acids is 1. The third kappa shape index (κ3) is 4.49. The van der Waals surface area contributed by atoms with Crippen LogP contribution in [0.2, 0.25) is 5.02 Å². The number of amidine groups is 1. The molecule has 2 heterocycles. The molecule has 0 atom stereocenters. The second-order valence-electron chi connectivity index (χ2n) is 7.09. The number of nitrogens with zero attached hydrogens (tertiary/aromatic N) is 2. The molecule has 0 bridgehead atoms. The zero-order valence-corrected chi connectivity index (χ0v) is 18.9. The molecule has 1 amide bonds.